The number of ether oxygens (including phenoxy) is 1. The lowest BCUT2D eigenvalue weighted by molar-refractivity contribution is 0.0658. The van der Waals surface area contributed by atoms with Crippen molar-refractivity contribution in [3.05, 3.63) is 29.8 Å². The number of aromatic nitrogens is 1. The monoisotopic (exact) mass is 294 g/mol. The Morgan fingerprint density at radius 2 is 2.38 bits per heavy atom. The zero-order valence-electron chi connectivity index (χ0n) is 12.7. The molecule has 0 N–H and O–H groups in total. The van der Waals surface area contributed by atoms with Crippen LogP contribution >= 0.6 is 0 Å². The molecule has 4 nitrogen and oxygen atoms in total. The van der Waals surface area contributed by atoms with Crippen LogP contribution in [0.3, 0.4) is 0 Å². The Labute approximate surface area is 125 Å². The maximum Gasteiger partial charge on any atom is 0.185 e. The van der Waals surface area contributed by atoms with Gasteiger partial charge >= 0.3 is 0 Å². The quantitative estimate of drug-likeness (QED) is 0.725. The minimum atomic E-state index is -0.423. The Hall–Kier alpha value is -1.33. The van der Waals surface area contributed by atoms with Gasteiger partial charge in [-0.2, -0.15) is 0 Å². The van der Waals surface area contributed by atoms with Crippen LogP contribution in [-0.4, -0.2) is 48.0 Å². The number of hydrogen-bond donors (Lipinski definition) is 0. The maximum absolute atomic E-state index is 12.8. The predicted molar refractivity (Wildman–Crippen MR) is 78.8 cm³/mol. The second-order valence-electron chi connectivity index (χ2n) is 5.61. The molecule has 0 spiro atoms. The van der Waals surface area contributed by atoms with E-state index in [4.69, 9.17) is 4.74 Å². The molecular formula is C16H23FN2O2. The van der Waals surface area contributed by atoms with E-state index in [1.807, 2.05) is 6.92 Å². The highest BCUT2D eigenvalue weighted by molar-refractivity contribution is 5.95. The molecule has 0 radical (unpaired) electrons. The molecule has 1 aliphatic rings. The lowest BCUT2D eigenvalue weighted by atomic mass is 10.0. The molecule has 1 saturated heterocycles. The van der Waals surface area contributed by atoms with Crippen LogP contribution in [0.5, 0.6) is 0 Å². The van der Waals surface area contributed by atoms with Gasteiger partial charge in [0, 0.05) is 25.6 Å². The SMILES string of the molecule is CCN(CC1CCCO1)CC(C)C(=O)c1ccc(F)cn1. The maximum atomic E-state index is 12.8. The molecule has 2 unspecified atom stereocenters. The van der Waals surface area contributed by atoms with E-state index >= 15 is 0 Å². The largest absolute Gasteiger partial charge is 0.377 e. The van der Waals surface area contributed by atoms with Gasteiger partial charge in [-0.05, 0) is 31.5 Å². The van der Waals surface area contributed by atoms with E-state index in [1.54, 1.807) is 0 Å². The minimum Gasteiger partial charge on any atom is -0.377 e. The van der Waals surface area contributed by atoms with Gasteiger partial charge in [0.2, 0.25) is 0 Å². The Kier molecular flexibility index (Phi) is 5.82. The third-order valence-electron chi connectivity index (χ3n) is 3.89. The number of pyridine rings is 1. The number of carbonyl (C=O) groups excluding carboxylic acids is 1. The normalized spacial score (nSPS) is 19.9. The Balaban J connectivity index is 1.90. The molecule has 5 heteroatoms. The topological polar surface area (TPSA) is 42.4 Å². The summed E-state index contributed by atoms with van der Waals surface area (Å²) in [6, 6.07) is 2.72. The van der Waals surface area contributed by atoms with E-state index in [0.717, 1.165) is 38.7 Å². The summed E-state index contributed by atoms with van der Waals surface area (Å²) in [6.45, 7) is 7.25. The van der Waals surface area contributed by atoms with Crippen LogP contribution in [0.1, 0.15) is 37.2 Å². The van der Waals surface area contributed by atoms with Crippen molar-refractivity contribution >= 4 is 5.78 Å². The molecule has 1 fully saturated rings. The number of Topliss-reactive ketones (excluding diaryl/α,β-unsaturated/α-hetero) is 1. The number of carbonyl (C=O) groups is 1. The predicted octanol–water partition coefficient (Wildman–Crippen LogP) is 2.54. The molecule has 0 saturated carbocycles. The molecular weight excluding hydrogens is 271 g/mol. The third kappa shape index (κ3) is 4.58. The van der Waals surface area contributed by atoms with Crippen molar-refractivity contribution in [3.8, 4) is 0 Å². The van der Waals surface area contributed by atoms with E-state index in [0.29, 0.717) is 12.2 Å². The summed E-state index contributed by atoms with van der Waals surface area (Å²) in [5.41, 5.74) is 0.331. The summed E-state index contributed by atoms with van der Waals surface area (Å²) >= 11 is 0. The molecule has 2 atom stereocenters. The number of hydrogen-bond acceptors (Lipinski definition) is 4. The number of halogens is 1. The average Bonchev–Trinajstić information content (AvgIpc) is 2.99. The smallest absolute Gasteiger partial charge is 0.185 e. The third-order valence-corrected chi connectivity index (χ3v) is 3.89. The van der Waals surface area contributed by atoms with E-state index in [1.165, 1.54) is 12.1 Å². The van der Waals surface area contributed by atoms with E-state index < -0.39 is 5.82 Å². The number of likely N-dealkylation sites (N-methyl/N-ethyl adjacent to an activating group) is 1. The first-order valence-electron chi connectivity index (χ1n) is 7.60. The Bertz CT molecular complexity index is 458. The molecule has 0 amide bonds. The second kappa shape index (κ2) is 7.61. The van der Waals surface area contributed by atoms with Gasteiger partial charge in [0.15, 0.2) is 5.78 Å². The molecule has 1 aliphatic heterocycles. The summed E-state index contributed by atoms with van der Waals surface area (Å²) < 4.78 is 18.5. The minimum absolute atomic E-state index is 0.0409. The van der Waals surface area contributed by atoms with Gasteiger partial charge in [-0.1, -0.05) is 13.8 Å². The van der Waals surface area contributed by atoms with Crippen molar-refractivity contribution in [2.24, 2.45) is 5.92 Å². The van der Waals surface area contributed by atoms with Crippen molar-refractivity contribution in [2.75, 3.05) is 26.2 Å². The van der Waals surface area contributed by atoms with Gasteiger partial charge in [0.05, 0.1) is 12.3 Å². The van der Waals surface area contributed by atoms with Crippen molar-refractivity contribution in [2.45, 2.75) is 32.8 Å². The molecule has 116 valence electrons. The fraction of sp³-hybridized carbons (Fsp3) is 0.625. The molecule has 2 rings (SSSR count). The number of rotatable bonds is 7. The van der Waals surface area contributed by atoms with Crippen molar-refractivity contribution in [3.63, 3.8) is 0 Å². The first kappa shape index (κ1) is 16.0. The number of nitrogens with zero attached hydrogens (tertiary/aromatic N) is 2. The van der Waals surface area contributed by atoms with Crippen molar-refractivity contribution < 1.29 is 13.9 Å². The van der Waals surface area contributed by atoms with Gasteiger partial charge < -0.3 is 9.64 Å². The highest BCUT2D eigenvalue weighted by Crippen LogP contribution is 2.15. The Morgan fingerprint density at radius 1 is 1.57 bits per heavy atom. The van der Waals surface area contributed by atoms with Crippen molar-refractivity contribution in [1.82, 2.24) is 9.88 Å². The number of ketones is 1. The summed E-state index contributed by atoms with van der Waals surface area (Å²) in [5.74, 6) is -0.627. The molecule has 0 aromatic carbocycles. The van der Waals surface area contributed by atoms with Gasteiger partial charge in [-0.15, -0.1) is 0 Å². The first-order valence-corrected chi connectivity index (χ1v) is 7.60. The lowest BCUT2D eigenvalue weighted by Crippen LogP contribution is -2.37. The zero-order valence-corrected chi connectivity index (χ0v) is 12.7. The molecule has 1 aromatic rings. The van der Waals surface area contributed by atoms with E-state index in [9.17, 15) is 9.18 Å². The van der Waals surface area contributed by atoms with E-state index in [2.05, 4.69) is 16.8 Å². The van der Waals surface area contributed by atoms with Crippen LogP contribution < -0.4 is 0 Å². The first-order chi connectivity index (χ1) is 10.1. The van der Waals surface area contributed by atoms with Crippen molar-refractivity contribution in [1.29, 1.82) is 0 Å². The van der Waals surface area contributed by atoms with Crippen LogP contribution in [0.4, 0.5) is 4.39 Å². The fourth-order valence-corrected chi connectivity index (χ4v) is 2.65. The molecule has 1 aromatic heterocycles. The molecule has 21 heavy (non-hydrogen) atoms. The Morgan fingerprint density at radius 3 is 2.95 bits per heavy atom. The second-order valence-corrected chi connectivity index (χ2v) is 5.61. The summed E-state index contributed by atoms with van der Waals surface area (Å²) in [5, 5.41) is 0. The summed E-state index contributed by atoms with van der Waals surface area (Å²) in [6.07, 6.45) is 3.59. The zero-order chi connectivity index (χ0) is 15.2. The highest BCUT2D eigenvalue weighted by atomic mass is 19.1. The van der Waals surface area contributed by atoms with Gasteiger partial charge in [0.25, 0.3) is 0 Å². The fourth-order valence-electron chi connectivity index (χ4n) is 2.65. The van der Waals surface area contributed by atoms with Crippen LogP contribution in [0.2, 0.25) is 0 Å². The van der Waals surface area contributed by atoms with Gasteiger partial charge in [0.1, 0.15) is 11.5 Å². The van der Waals surface area contributed by atoms with Crippen LogP contribution in [0.15, 0.2) is 18.3 Å². The van der Waals surface area contributed by atoms with Gasteiger partial charge in [-0.25, -0.2) is 4.39 Å². The summed E-state index contributed by atoms with van der Waals surface area (Å²) in [7, 11) is 0. The molecule has 2 heterocycles. The van der Waals surface area contributed by atoms with E-state index in [-0.39, 0.29) is 17.8 Å². The molecule has 0 bridgehead atoms. The van der Waals surface area contributed by atoms with Crippen LogP contribution in [0, 0.1) is 11.7 Å². The van der Waals surface area contributed by atoms with Gasteiger partial charge in [-0.3, -0.25) is 9.78 Å². The van der Waals surface area contributed by atoms with Crippen LogP contribution in [-0.2, 0) is 4.74 Å². The highest BCUT2D eigenvalue weighted by Gasteiger charge is 2.23. The standard InChI is InChI=1S/C16H23FN2O2/c1-3-19(11-14-5-4-8-21-14)10-12(2)16(20)15-7-6-13(17)9-18-15/h6-7,9,12,14H,3-5,8,10-11H2,1-2H3. The summed E-state index contributed by atoms with van der Waals surface area (Å²) in [4.78, 5) is 18.4. The average molecular weight is 294 g/mol. The lowest BCUT2D eigenvalue weighted by Gasteiger charge is -2.26. The van der Waals surface area contributed by atoms with Crippen LogP contribution in [0.25, 0.3) is 0 Å². The molecule has 0 aliphatic carbocycles.